The molecule has 2 aromatic rings. The average molecular weight is 242 g/mol. The van der Waals surface area contributed by atoms with Crippen molar-refractivity contribution in [3.8, 4) is 0 Å². The van der Waals surface area contributed by atoms with Crippen molar-refractivity contribution in [3.63, 3.8) is 0 Å². The van der Waals surface area contributed by atoms with Crippen LogP contribution in [0.1, 0.15) is 36.8 Å². The van der Waals surface area contributed by atoms with E-state index in [1.165, 1.54) is 31.5 Å². The van der Waals surface area contributed by atoms with Gasteiger partial charge in [-0.15, -0.1) is 0 Å². The SMILES string of the molecule is O=c1ccnc(C=Cc2ccnn2C2CCC2)[nH]1. The van der Waals surface area contributed by atoms with Crippen molar-refractivity contribution in [3.05, 3.63) is 46.4 Å². The molecule has 1 aliphatic rings. The van der Waals surface area contributed by atoms with Gasteiger partial charge in [-0.1, -0.05) is 0 Å². The van der Waals surface area contributed by atoms with Crippen LogP contribution in [0, 0.1) is 0 Å². The summed E-state index contributed by atoms with van der Waals surface area (Å²) < 4.78 is 2.04. The lowest BCUT2D eigenvalue weighted by Crippen LogP contribution is -2.19. The quantitative estimate of drug-likeness (QED) is 0.893. The molecule has 1 fully saturated rings. The fraction of sp³-hybridized carbons (Fsp3) is 0.308. The summed E-state index contributed by atoms with van der Waals surface area (Å²) >= 11 is 0. The molecule has 5 heteroatoms. The molecular formula is C13H14N4O. The second kappa shape index (κ2) is 4.60. The van der Waals surface area contributed by atoms with Gasteiger partial charge in [0.25, 0.3) is 5.56 Å². The lowest BCUT2D eigenvalue weighted by Gasteiger charge is -2.26. The summed E-state index contributed by atoms with van der Waals surface area (Å²) in [5.41, 5.74) is 0.906. The summed E-state index contributed by atoms with van der Waals surface area (Å²) in [5, 5.41) is 4.34. The summed E-state index contributed by atoms with van der Waals surface area (Å²) in [7, 11) is 0. The molecule has 0 aromatic carbocycles. The molecule has 3 rings (SSSR count). The van der Waals surface area contributed by atoms with Gasteiger partial charge in [0.2, 0.25) is 0 Å². The summed E-state index contributed by atoms with van der Waals surface area (Å²) in [5.74, 6) is 0.559. The molecule has 5 nitrogen and oxygen atoms in total. The molecule has 2 aromatic heterocycles. The summed E-state index contributed by atoms with van der Waals surface area (Å²) in [6.45, 7) is 0. The van der Waals surface area contributed by atoms with Gasteiger partial charge in [0.1, 0.15) is 5.82 Å². The van der Waals surface area contributed by atoms with Crippen molar-refractivity contribution in [2.75, 3.05) is 0 Å². The minimum atomic E-state index is -0.142. The Balaban J connectivity index is 1.84. The lowest BCUT2D eigenvalue weighted by molar-refractivity contribution is 0.288. The molecule has 0 amide bonds. The zero-order chi connectivity index (χ0) is 12.4. The molecule has 0 radical (unpaired) electrons. The van der Waals surface area contributed by atoms with E-state index < -0.39 is 0 Å². The minimum absolute atomic E-state index is 0.142. The molecule has 0 saturated heterocycles. The van der Waals surface area contributed by atoms with Gasteiger partial charge in [0.15, 0.2) is 0 Å². The highest BCUT2D eigenvalue weighted by atomic mass is 16.1. The van der Waals surface area contributed by atoms with Gasteiger partial charge in [-0.3, -0.25) is 9.48 Å². The smallest absolute Gasteiger partial charge is 0.251 e. The van der Waals surface area contributed by atoms with Crippen LogP contribution in [-0.2, 0) is 0 Å². The van der Waals surface area contributed by atoms with E-state index in [4.69, 9.17) is 0 Å². The highest BCUT2D eigenvalue weighted by molar-refractivity contribution is 5.64. The first kappa shape index (κ1) is 11.0. The van der Waals surface area contributed by atoms with E-state index in [9.17, 15) is 4.79 Å². The van der Waals surface area contributed by atoms with Gasteiger partial charge in [0.05, 0.1) is 11.7 Å². The molecule has 2 heterocycles. The highest BCUT2D eigenvalue weighted by Crippen LogP contribution is 2.32. The van der Waals surface area contributed by atoms with Crippen LogP contribution in [0.15, 0.2) is 29.3 Å². The molecule has 0 atom stereocenters. The lowest BCUT2D eigenvalue weighted by atomic mass is 9.93. The van der Waals surface area contributed by atoms with Crippen LogP contribution in [0.2, 0.25) is 0 Å². The first-order valence-corrected chi connectivity index (χ1v) is 6.10. The maximum absolute atomic E-state index is 11.1. The maximum Gasteiger partial charge on any atom is 0.251 e. The summed E-state index contributed by atoms with van der Waals surface area (Å²) in [6, 6.07) is 3.90. The minimum Gasteiger partial charge on any atom is -0.307 e. The first-order chi connectivity index (χ1) is 8.83. The van der Waals surface area contributed by atoms with E-state index >= 15 is 0 Å². The number of hydrogen-bond donors (Lipinski definition) is 1. The van der Waals surface area contributed by atoms with Crippen molar-refractivity contribution in [1.29, 1.82) is 0 Å². The fourth-order valence-corrected chi connectivity index (χ4v) is 2.03. The normalized spacial score (nSPS) is 16.0. The molecule has 1 N–H and O–H groups in total. The predicted octanol–water partition coefficient (Wildman–Crippen LogP) is 1.86. The predicted molar refractivity (Wildman–Crippen MR) is 68.9 cm³/mol. The molecule has 1 saturated carbocycles. The third kappa shape index (κ3) is 2.11. The van der Waals surface area contributed by atoms with Crippen molar-refractivity contribution < 1.29 is 0 Å². The summed E-state index contributed by atoms with van der Waals surface area (Å²) in [4.78, 5) is 17.9. The van der Waals surface area contributed by atoms with Crippen LogP contribution in [0.25, 0.3) is 12.2 Å². The number of nitrogens with one attached hydrogen (secondary N) is 1. The van der Waals surface area contributed by atoms with Crippen molar-refractivity contribution in [2.45, 2.75) is 25.3 Å². The fourth-order valence-electron chi connectivity index (χ4n) is 2.03. The third-order valence-corrected chi connectivity index (χ3v) is 3.22. The van der Waals surface area contributed by atoms with Crippen molar-refractivity contribution >= 4 is 12.2 Å². The number of H-pyrrole nitrogens is 1. The topological polar surface area (TPSA) is 63.6 Å². The van der Waals surface area contributed by atoms with Gasteiger partial charge in [-0.2, -0.15) is 5.10 Å². The Labute approximate surface area is 104 Å². The molecule has 0 bridgehead atoms. The van der Waals surface area contributed by atoms with Gasteiger partial charge in [0, 0.05) is 18.5 Å². The van der Waals surface area contributed by atoms with Gasteiger partial charge >= 0.3 is 0 Å². The van der Waals surface area contributed by atoms with Gasteiger partial charge in [-0.05, 0) is 37.5 Å². The molecule has 92 valence electrons. The van der Waals surface area contributed by atoms with Gasteiger partial charge in [-0.25, -0.2) is 4.98 Å². The number of aromatic amines is 1. The monoisotopic (exact) mass is 242 g/mol. The van der Waals surface area contributed by atoms with Crippen LogP contribution in [-0.4, -0.2) is 19.7 Å². The largest absolute Gasteiger partial charge is 0.307 e. The van der Waals surface area contributed by atoms with E-state index in [-0.39, 0.29) is 5.56 Å². The molecule has 0 unspecified atom stereocenters. The molecule has 18 heavy (non-hydrogen) atoms. The molecule has 1 aliphatic carbocycles. The average Bonchev–Trinajstić information content (AvgIpc) is 2.72. The van der Waals surface area contributed by atoms with Crippen LogP contribution < -0.4 is 5.56 Å². The van der Waals surface area contributed by atoms with Crippen LogP contribution in [0.3, 0.4) is 0 Å². The van der Waals surface area contributed by atoms with E-state index in [0.717, 1.165) is 5.69 Å². The standard InChI is InChI=1S/C13H14N4O/c18-13-7-8-14-12(16-13)5-4-11-6-9-15-17(11)10-2-1-3-10/h4-10H,1-3H2,(H,14,16,18). The second-order valence-corrected chi connectivity index (χ2v) is 4.44. The van der Waals surface area contributed by atoms with Crippen LogP contribution in [0.5, 0.6) is 0 Å². The molecular weight excluding hydrogens is 228 g/mol. The molecule has 0 spiro atoms. The zero-order valence-electron chi connectivity index (χ0n) is 9.91. The molecule has 0 aliphatic heterocycles. The third-order valence-electron chi connectivity index (χ3n) is 3.22. The van der Waals surface area contributed by atoms with Gasteiger partial charge < -0.3 is 4.98 Å². The Hall–Kier alpha value is -2.17. The van der Waals surface area contributed by atoms with Crippen LogP contribution >= 0.6 is 0 Å². The van der Waals surface area contributed by atoms with Crippen LogP contribution in [0.4, 0.5) is 0 Å². The first-order valence-electron chi connectivity index (χ1n) is 6.10. The van der Waals surface area contributed by atoms with Crippen molar-refractivity contribution in [2.24, 2.45) is 0 Å². The van der Waals surface area contributed by atoms with Crippen molar-refractivity contribution in [1.82, 2.24) is 19.7 Å². The zero-order valence-corrected chi connectivity index (χ0v) is 9.91. The number of hydrogen-bond acceptors (Lipinski definition) is 3. The van der Waals surface area contributed by atoms with E-state index in [2.05, 4.69) is 15.1 Å². The Morgan fingerprint density at radius 1 is 1.28 bits per heavy atom. The van der Waals surface area contributed by atoms with E-state index in [1.54, 1.807) is 12.3 Å². The summed E-state index contributed by atoms with van der Waals surface area (Å²) in [6.07, 6.45) is 10.7. The number of aromatic nitrogens is 4. The number of nitrogens with zero attached hydrogens (tertiary/aromatic N) is 3. The highest BCUT2D eigenvalue weighted by Gasteiger charge is 2.21. The Bertz CT molecular complexity index is 622. The number of rotatable bonds is 3. The maximum atomic E-state index is 11.1. The second-order valence-electron chi connectivity index (χ2n) is 4.44. The Morgan fingerprint density at radius 2 is 2.17 bits per heavy atom. The Morgan fingerprint density at radius 3 is 2.89 bits per heavy atom. The van der Waals surface area contributed by atoms with E-state index in [0.29, 0.717) is 11.9 Å². The van der Waals surface area contributed by atoms with E-state index in [1.807, 2.05) is 16.8 Å². The Kier molecular flexibility index (Phi) is 2.80.